The van der Waals surface area contributed by atoms with Gasteiger partial charge in [0.15, 0.2) is 0 Å². The summed E-state index contributed by atoms with van der Waals surface area (Å²) < 4.78 is 20.3. The predicted molar refractivity (Wildman–Crippen MR) is 118 cm³/mol. The second-order valence-electron chi connectivity index (χ2n) is 7.42. The molecule has 5 rings (SSSR count). The summed E-state index contributed by atoms with van der Waals surface area (Å²) in [5, 5.41) is 14.9. The lowest BCUT2D eigenvalue weighted by Gasteiger charge is -2.40. The van der Waals surface area contributed by atoms with Gasteiger partial charge in [-0.15, -0.1) is 0 Å². The number of benzene rings is 2. The van der Waals surface area contributed by atoms with Crippen molar-refractivity contribution in [3.05, 3.63) is 71.1 Å². The molecule has 160 valence electrons. The zero-order valence-electron chi connectivity index (χ0n) is 17.0. The molecule has 7 nitrogen and oxygen atoms in total. The topological polar surface area (TPSA) is 66.1 Å². The fraction of sp³-hybridized carbons (Fsp3) is 0.273. The fourth-order valence-corrected chi connectivity index (χ4v) is 5.17. The minimum atomic E-state index is -0.279. The molecule has 1 aliphatic heterocycles. The van der Waals surface area contributed by atoms with Crippen LogP contribution in [-0.2, 0) is 0 Å². The zero-order chi connectivity index (χ0) is 21.4. The van der Waals surface area contributed by atoms with Crippen molar-refractivity contribution < 1.29 is 14.2 Å². The van der Waals surface area contributed by atoms with E-state index in [0.717, 1.165) is 48.1 Å². The molecule has 31 heavy (non-hydrogen) atoms. The predicted octanol–water partition coefficient (Wildman–Crippen LogP) is 3.56. The van der Waals surface area contributed by atoms with Crippen LogP contribution < -0.4 is 9.64 Å². The van der Waals surface area contributed by atoms with Crippen molar-refractivity contribution in [2.75, 3.05) is 38.2 Å². The van der Waals surface area contributed by atoms with Gasteiger partial charge in [-0.1, -0.05) is 23.5 Å². The first-order valence-corrected chi connectivity index (χ1v) is 10.9. The van der Waals surface area contributed by atoms with Crippen molar-refractivity contribution in [2.45, 2.75) is 6.04 Å². The van der Waals surface area contributed by atoms with Crippen LogP contribution in [0.25, 0.3) is 4.96 Å². The molecular weight excluding hydrogens is 417 g/mol. The van der Waals surface area contributed by atoms with E-state index in [1.54, 1.807) is 19.2 Å². The molecule has 1 fully saturated rings. The molecule has 0 saturated carbocycles. The maximum Gasteiger partial charge on any atom is 0.230 e. The minimum absolute atomic E-state index is 0.0874. The average Bonchev–Trinajstić information content (AvgIpc) is 3.39. The number of thiazole rings is 1. The van der Waals surface area contributed by atoms with Crippen LogP contribution in [0.5, 0.6) is 11.6 Å². The summed E-state index contributed by atoms with van der Waals surface area (Å²) in [6.45, 7) is 3.26. The second-order valence-corrected chi connectivity index (χ2v) is 8.43. The fourth-order valence-electron chi connectivity index (χ4n) is 4.08. The SMILES string of the molecule is COc1ccc(N2CCN([C@@H](c3ccc(F)cc3)c3sc4ncnn4c3O)CC2)cc1. The van der Waals surface area contributed by atoms with Gasteiger partial charge in [0.25, 0.3) is 0 Å². The Morgan fingerprint density at radius 1 is 1.03 bits per heavy atom. The number of hydrogen-bond donors (Lipinski definition) is 1. The van der Waals surface area contributed by atoms with Gasteiger partial charge in [0.05, 0.1) is 18.0 Å². The van der Waals surface area contributed by atoms with Crippen LogP contribution in [0, 0.1) is 5.82 Å². The minimum Gasteiger partial charge on any atom is -0.497 e. The van der Waals surface area contributed by atoms with Crippen LogP contribution in [0.4, 0.5) is 10.1 Å². The molecule has 4 aromatic rings. The van der Waals surface area contributed by atoms with Gasteiger partial charge in [0, 0.05) is 31.9 Å². The molecule has 1 aliphatic rings. The number of aromatic nitrogens is 3. The maximum absolute atomic E-state index is 13.6. The molecule has 2 aromatic carbocycles. The molecule has 3 heterocycles. The lowest BCUT2D eigenvalue weighted by molar-refractivity contribution is 0.211. The summed E-state index contributed by atoms with van der Waals surface area (Å²) in [5.41, 5.74) is 2.08. The van der Waals surface area contributed by atoms with Crippen LogP contribution >= 0.6 is 11.3 Å². The molecule has 0 bridgehead atoms. The number of aromatic hydroxyl groups is 1. The molecule has 1 atom stereocenters. The summed E-state index contributed by atoms with van der Waals surface area (Å²) >= 11 is 1.41. The summed E-state index contributed by atoms with van der Waals surface area (Å²) in [6.07, 6.45) is 1.43. The Bertz CT molecular complexity index is 1170. The Balaban J connectivity index is 1.42. The Kier molecular flexibility index (Phi) is 5.21. The van der Waals surface area contributed by atoms with Crippen molar-refractivity contribution in [3.8, 4) is 11.6 Å². The molecule has 2 aromatic heterocycles. The Hall–Kier alpha value is -3.17. The van der Waals surface area contributed by atoms with Crippen molar-refractivity contribution in [1.82, 2.24) is 19.5 Å². The van der Waals surface area contributed by atoms with E-state index < -0.39 is 0 Å². The molecule has 9 heteroatoms. The lowest BCUT2D eigenvalue weighted by atomic mass is 10.0. The Morgan fingerprint density at radius 2 is 1.74 bits per heavy atom. The van der Waals surface area contributed by atoms with Gasteiger partial charge in [-0.05, 0) is 42.0 Å². The first-order chi connectivity index (χ1) is 15.1. The van der Waals surface area contributed by atoms with Gasteiger partial charge < -0.3 is 14.7 Å². The summed E-state index contributed by atoms with van der Waals surface area (Å²) in [6, 6.07) is 14.4. The molecule has 1 saturated heterocycles. The third-order valence-electron chi connectivity index (χ3n) is 5.69. The van der Waals surface area contributed by atoms with Crippen LogP contribution in [-0.4, -0.2) is 57.9 Å². The van der Waals surface area contributed by atoms with E-state index in [1.165, 1.54) is 34.3 Å². The second kappa shape index (κ2) is 8.16. The van der Waals surface area contributed by atoms with E-state index in [4.69, 9.17) is 4.74 Å². The molecule has 0 unspecified atom stereocenters. The zero-order valence-corrected chi connectivity index (χ0v) is 17.8. The summed E-state index contributed by atoms with van der Waals surface area (Å²) in [7, 11) is 1.66. The smallest absolute Gasteiger partial charge is 0.230 e. The number of fused-ring (bicyclic) bond motifs is 1. The quantitative estimate of drug-likeness (QED) is 0.513. The highest BCUT2D eigenvalue weighted by molar-refractivity contribution is 7.17. The number of halogens is 1. The van der Waals surface area contributed by atoms with Gasteiger partial charge in [-0.25, -0.2) is 9.37 Å². The van der Waals surface area contributed by atoms with Crippen molar-refractivity contribution in [2.24, 2.45) is 0 Å². The van der Waals surface area contributed by atoms with Crippen molar-refractivity contribution >= 4 is 22.0 Å². The van der Waals surface area contributed by atoms with Gasteiger partial charge in [0.1, 0.15) is 17.9 Å². The average molecular weight is 440 g/mol. The Morgan fingerprint density at radius 3 is 2.39 bits per heavy atom. The number of hydrogen-bond acceptors (Lipinski definition) is 7. The van der Waals surface area contributed by atoms with Gasteiger partial charge >= 0.3 is 0 Å². The standard InChI is InChI=1S/C22H22FN5O2S/c1-30-18-8-6-17(7-9-18)26-10-12-27(13-11-26)19(15-2-4-16(23)5-3-15)20-21(29)28-22(31-20)24-14-25-28/h2-9,14,19,29H,10-13H2,1H3/t19-/m0/s1. The van der Waals surface area contributed by atoms with Crippen molar-refractivity contribution in [1.29, 1.82) is 0 Å². The van der Waals surface area contributed by atoms with Gasteiger partial charge in [-0.2, -0.15) is 9.61 Å². The van der Waals surface area contributed by atoms with E-state index in [1.807, 2.05) is 12.1 Å². The highest BCUT2D eigenvalue weighted by Gasteiger charge is 2.31. The van der Waals surface area contributed by atoms with E-state index >= 15 is 0 Å². The lowest BCUT2D eigenvalue weighted by Crippen LogP contribution is -2.47. The van der Waals surface area contributed by atoms with Crippen LogP contribution in [0.15, 0.2) is 54.9 Å². The first kappa shape index (κ1) is 19.8. The summed E-state index contributed by atoms with van der Waals surface area (Å²) in [5.74, 6) is 0.647. The number of piperazine rings is 1. The molecular formula is C22H22FN5O2S. The highest BCUT2D eigenvalue weighted by Crippen LogP contribution is 2.40. The third kappa shape index (κ3) is 3.70. The highest BCUT2D eigenvalue weighted by atomic mass is 32.1. The van der Waals surface area contributed by atoms with Gasteiger partial charge in [-0.3, -0.25) is 4.90 Å². The van der Waals surface area contributed by atoms with Crippen LogP contribution in [0.3, 0.4) is 0 Å². The normalized spacial score (nSPS) is 16.0. The number of anilines is 1. The maximum atomic E-state index is 13.6. The third-order valence-corrected chi connectivity index (χ3v) is 6.78. The first-order valence-electron chi connectivity index (χ1n) is 10.0. The molecule has 0 aliphatic carbocycles. The van der Waals surface area contributed by atoms with Crippen molar-refractivity contribution in [3.63, 3.8) is 0 Å². The largest absolute Gasteiger partial charge is 0.497 e. The molecule has 0 spiro atoms. The molecule has 0 radical (unpaired) electrons. The van der Waals surface area contributed by atoms with E-state index in [-0.39, 0.29) is 17.7 Å². The van der Waals surface area contributed by atoms with E-state index in [0.29, 0.717) is 4.96 Å². The van der Waals surface area contributed by atoms with E-state index in [9.17, 15) is 9.50 Å². The summed E-state index contributed by atoms with van der Waals surface area (Å²) in [4.78, 5) is 10.3. The van der Waals surface area contributed by atoms with Crippen LogP contribution in [0.2, 0.25) is 0 Å². The van der Waals surface area contributed by atoms with Crippen LogP contribution in [0.1, 0.15) is 16.5 Å². The molecule has 0 amide bonds. The number of nitrogens with zero attached hydrogens (tertiary/aromatic N) is 5. The number of methoxy groups -OCH3 is 1. The molecule has 1 N–H and O–H groups in total. The number of rotatable bonds is 5. The van der Waals surface area contributed by atoms with Gasteiger partial charge in [0.2, 0.25) is 10.8 Å². The Labute approximate surface area is 182 Å². The monoisotopic (exact) mass is 439 g/mol. The van der Waals surface area contributed by atoms with E-state index in [2.05, 4.69) is 32.0 Å². The number of ether oxygens (including phenoxy) is 1.